The van der Waals surface area contributed by atoms with Crippen molar-refractivity contribution in [3.05, 3.63) is 16.5 Å². The lowest BCUT2D eigenvalue weighted by Gasteiger charge is -2.00. The Kier molecular flexibility index (Phi) is 3.07. The maximum absolute atomic E-state index is 4.28. The molecule has 1 N–H and O–H groups in total. The number of aryl methyl sites for hydroxylation is 2. The number of thiophene rings is 1. The van der Waals surface area contributed by atoms with Gasteiger partial charge in [0.2, 0.25) is 5.95 Å². The zero-order valence-corrected chi connectivity index (χ0v) is 11.7. The second-order valence-electron chi connectivity index (χ2n) is 4.78. The number of hydrogen-bond donors (Lipinski definition) is 1. The molecule has 0 bridgehead atoms. The molecule has 0 radical (unpaired) electrons. The maximum atomic E-state index is 4.28. The standard InChI is InChI=1S/C13H18N4S/c1-14-13-16-15-12(17(13)2)11-8-9-6-4-3-5-7-10(9)18-11/h8H,3-7H2,1-2H3,(H,14,16). The van der Waals surface area contributed by atoms with Gasteiger partial charge in [0.05, 0.1) is 4.88 Å². The van der Waals surface area contributed by atoms with E-state index in [-0.39, 0.29) is 0 Å². The van der Waals surface area contributed by atoms with Gasteiger partial charge in [0.1, 0.15) is 0 Å². The molecule has 2 aromatic heterocycles. The van der Waals surface area contributed by atoms with Crippen LogP contribution in [0.15, 0.2) is 6.07 Å². The second kappa shape index (κ2) is 4.72. The third kappa shape index (κ3) is 1.92. The molecule has 1 aliphatic rings. The predicted octanol–water partition coefficient (Wildman–Crippen LogP) is 2.85. The average molecular weight is 262 g/mol. The molecule has 0 unspecified atom stereocenters. The zero-order valence-electron chi connectivity index (χ0n) is 10.9. The Morgan fingerprint density at radius 2 is 2.06 bits per heavy atom. The summed E-state index contributed by atoms with van der Waals surface area (Å²) in [5, 5.41) is 11.5. The van der Waals surface area contributed by atoms with Gasteiger partial charge in [-0.3, -0.25) is 4.57 Å². The third-order valence-corrected chi connectivity index (χ3v) is 4.80. The van der Waals surface area contributed by atoms with Crippen LogP contribution in [0.1, 0.15) is 29.7 Å². The molecule has 0 saturated heterocycles. The minimum atomic E-state index is 0.814. The van der Waals surface area contributed by atoms with Gasteiger partial charge in [-0.2, -0.15) is 0 Å². The lowest BCUT2D eigenvalue weighted by atomic mass is 10.1. The SMILES string of the molecule is CNc1nnc(-c2cc3c(s2)CCCCC3)n1C. The smallest absolute Gasteiger partial charge is 0.224 e. The van der Waals surface area contributed by atoms with Crippen molar-refractivity contribution in [2.24, 2.45) is 7.05 Å². The van der Waals surface area contributed by atoms with E-state index in [1.54, 1.807) is 4.88 Å². The number of nitrogens with zero attached hydrogens (tertiary/aromatic N) is 3. The van der Waals surface area contributed by atoms with Gasteiger partial charge in [0, 0.05) is 19.0 Å². The fourth-order valence-corrected chi connectivity index (χ4v) is 3.81. The highest BCUT2D eigenvalue weighted by Crippen LogP contribution is 2.34. The molecule has 0 aromatic carbocycles. The fraction of sp³-hybridized carbons (Fsp3) is 0.538. The Hall–Kier alpha value is -1.36. The first-order valence-electron chi connectivity index (χ1n) is 6.48. The van der Waals surface area contributed by atoms with Crippen molar-refractivity contribution in [1.29, 1.82) is 0 Å². The molecule has 2 aromatic rings. The van der Waals surface area contributed by atoms with Crippen LogP contribution in [-0.2, 0) is 19.9 Å². The van der Waals surface area contributed by atoms with Gasteiger partial charge >= 0.3 is 0 Å². The van der Waals surface area contributed by atoms with Crippen LogP contribution in [0.5, 0.6) is 0 Å². The number of aromatic nitrogens is 3. The van der Waals surface area contributed by atoms with Crippen LogP contribution >= 0.6 is 11.3 Å². The third-order valence-electron chi connectivity index (χ3n) is 3.57. The Labute approximate surface area is 111 Å². The summed E-state index contributed by atoms with van der Waals surface area (Å²) in [7, 11) is 3.88. The quantitative estimate of drug-likeness (QED) is 0.846. The highest BCUT2D eigenvalue weighted by atomic mass is 32.1. The largest absolute Gasteiger partial charge is 0.357 e. The molecule has 2 heterocycles. The Morgan fingerprint density at radius 3 is 2.83 bits per heavy atom. The lowest BCUT2D eigenvalue weighted by molar-refractivity contribution is 0.712. The number of rotatable bonds is 2. The summed E-state index contributed by atoms with van der Waals surface area (Å²) in [6.45, 7) is 0. The van der Waals surface area contributed by atoms with E-state index in [9.17, 15) is 0 Å². The van der Waals surface area contributed by atoms with Crippen LogP contribution in [0.3, 0.4) is 0 Å². The Bertz CT molecular complexity index is 532. The highest BCUT2D eigenvalue weighted by Gasteiger charge is 2.17. The molecular formula is C13H18N4S. The summed E-state index contributed by atoms with van der Waals surface area (Å²) >= 11 is 1.89. The Morgan fingerprint density at radius 1 is 1.22 bits per heavy atom. The van der Waals surface area contributed by atoms with Crippen LogP contribution in [0, 0.1) is 0 Å². The second-order valence-corrected chi connectivity index (χ2v) is 5.91. The van der Waals surface area contributed by atoms with E-state index in [0.717, 1.165) is 11.8 Å². The number of nitrogens with one attached hydrogen (secondary N) is 1. The first kappa shape index (κ1) is 11.7. The van der Waals surface area contributed by atoms with E-state index >= 15 is 0 Å². The predicted molar refractivity (Wildman–Crippen MR) is 75.1 cm³/mol. The number of fused-ring (bicyclic) bond motifs is 1. The summed E-state index contributed by atoms with van der Waals surface area (Å²) in [5.74, 6) is 1.78. The van der Waals surface area contributed by atoms with Crippen LogP contribution < -0.4 is 5.32 Å². The van der Waals surface area contributed by atoms with E-state index in [1.165, 1.54) is 42.5 Å². The topological polar surface area (TPSA) is 42.7 Å². The molecule has 0 aliphatic heterocycles. The van der Waals surface area contributed by atoms with Crippen molar-refractivity contribution in [2.75, 3.05) is 12.4 Å². The van der Waals surface area contributed by atoms with Crippen molar-refractivity contribution >= 4 is 17.3 Å². The van der Waals surface area contributed by atoms with Crippen molar-refractivity contribution < 1.29 is 0 Å². The normalized spacial score (nSPS) is 15.2. The van der Waals surface area contributed by atoms with Gasteiger partial charge in [0.15, 0.2) is 5.82 Å². The molecule has 96 valence electrons. The monoisotopic (exact) mass is 262 g/mol. The van der Waals surface area contributed by atoms with Crippen LogP contribution in [0.25, 0.3) is 10.7 Å². The van der Waals surface area contributed by atoms with Gasteiger partial charge in [-0.25, -0.2) is 0 Å². The van der Waals surface area contributed by atoms with Gasteiger partial charge in [-0.05, 0) is 37.3 Å². The number of hydrogen-bond acceptors (Lipinski definition) is 4. The van der Waals surface area contributed by atoms with Gasteiger partial charge < -0.3 is 5.32 Å². The minimum absolute atomic E-state index is 0.814. The molecule has 0 atom stereocenters. The van der Waals surface area contributed by atoms with Gasteiger partial charge in [-0.1, -0.05) is 6.42 Å². The molecule has 1 aliphatic carbocycles. The summed E-state index contributed by atoms with van der Waals surface area (Å²) in [6.07, 6.45) is 6.47. The zero-order chi connectivity index (χ0) is 12.5. The van der Waals surface area contributed by atoms with Crippen LogP contribution in [-0.4, -0.2) is 21.8 Å². The summed E-state index contributed by atoms with van der Waals surface area (Å²) < 4.78 is 2.02. The van der Waals surface area contributed by atoms with Crippen molar-refractivity contribution in [2.45, 2.75) is 32.1 Å². The van der Waals surface area contributed by atoms with Crippen molar-refractivity contribution in [1.82, 2.24) is 14.8 Å². The van der Waals surface area contributed by atoms with Gasteiger partial charge in [0.25, 0.3) is 0 Å². The molecule has 0 saturated carbocycles. The van der Waals surface area contributed by atoms with Crippen molar-refractivity contribution in [3.63, 3.8) is 0 Å². The summed E-state index contributed by atoms with van der Waals surface area (Å²) in [5.41, 5.74) is 1.53. The Balaban J connectivity index is 1.99. The van der Waals surface area contributed by atoms with Gasteiger partial charge in [-0.15, -0.1) is 21.5 Å². The first-order valence-corrected chi connectivity index (χ1v) is 7.30. The summed E-state index contributed by atoms with van der Waals surface area (Å²) in [4.78, 5) is 2.80. The molecule has 18 heavy (non-hydrogen) atoms. The van der Waals surface area contributed by atoms with E-state index in [0.29, 0.717) is 0 Å². The maximum Gasteiger partial charge on any atom is 0.224 e. The van der Waals surface area contributed by atoms with E-state index < -0.39 is 0 Å². The molecule has 0 spiro atoms. The molecular weight excluding hydrogens is 244 g/mol. The molecule has 0 amide bonds. The lowest BCUT2D eigenvalue weighted by Crippen LogP contribution is -1.99. The van der Waals surface area contributed by atoms with Crippen LogP contribution in [0.2, 0.25) is 0 Å². The molecule has 5 heteroatoms. The summed E-state index contributed by atoms with van der Waals surface area (Å²) in [6, 6.07) is 2.31. The van der Waals surface area contributed by atoms with E-state index in [1.807, 2.05) is 30.0 Å². The van der Waals surface area contributed by atoms with Crippen molar-refractivity contribution in [3.8, 4) is 10.7 Å². The average Bonchev–Trinajstić information content (AvgIpc) is 2.87. The molecule has 3 rings (SSSR count). The number of anilines is 1. The first-order chi connectivity index (χ1) is 8.79. The molecule has 4 nitrogen and oxygen atoms in total. The minimum Gasteiger partial charge on any atom is -0.357 e. The fourth-order valence-electron chi connectivity index (χ4n) is 2.54. The highest BCUT2D eigenvalue weighted by molar-refractivity contribution is 7.15. The molecule has 0 fully saturated rings. The van der Waals surface area contributed by atoms with E-state index in [2.05, 4.69) is 21.6 Å². The van der Waals surface area contributed by atoms with Crippen LogP contribution in [0.4, 0.5) is 5.95 Å². The van der Waals surface area contributed by atoms with E-state index in [4.69, 9.17) is 0 Å².